The third kappa shape index (κ3) is 3.39. The van der Waals surface area contributed by atoms with Gasteiger partial charge in [0.15, 0.2) is 5.78 Å². The zero-order valence-electron chi connectivity index (χ0n) is 15.3. The molecule has 1 saturated carbocycles. The van der Waals surface area contributed by atoms with Crippen LogP contribution in [0.1, 0.15) is 73.1 Å². The molecule has 1 fully saturated rings. The second-order valence-corrected chi connectivity index (χ2v) is 8.66. The van der Waals surface area contributed by atoms with Crippen molar-refractivity contribution >= 4 is 11.8 Å². The quantitative estimate of drug-likeness (QED) is 0.787. The van der Waals surface area contributed by atoms with E-state index >= 15 is 0 Å². The van der Waals surface area contributed by atoms with Gasteiger partial charge in [0.05, 0.1) is 0 Å². The molecule has 3 heteroatoms. The molecule has 130 valence electrons. The zero-order valence-corrected chi connectivity index (χ0v) is 15.3. The molecule has 0 aromatic carbocycles. The molecule has 23 heavy (non-hydrogen) atoms. The fourth-order valence-electron chi connectivity index (χ4n) is 5.07. The monoisotopic (exact) mass is 320 g/mol. The van der Waals surface area contributed by atoms with Crippen molar-refractivity contribution in [3.63, 3.8) is 0 Å². The number of fused-ring (bicyclic) bond motifs is 1. The van der Waals surface area contributed by atoms with E-state index < -0.39 is 5.97 Å². The molecule has 0 saturated heterocycles. The summed E-state index contributed by atoms with van der Waals surface area (Å²) in [5.41, 5.74) is 1.49. The number of carboxylic acid groups (broad SMARTS) is 1. The molecule has 0 unspecified atom stereocenters. The highest BCUT2D eigenvalue weighted by atomic mass is 16.4. The highest BCUT2D eigenvalue weighted by Crippen LogP contribution is 2.61. The van der Waals surface area contributed by atoms with Crippen molar-refractivity contribution in [3.8, 4) is 0 Å². The van der Waals surface area contributed by atoms with E-state index in [0.717, 1.165) is 19.3 Å². The molecule has 0 heterocycles. The van der Waals surface area contributed by atoms with Crippen molar-refractivity contribution < 1.29 is 14.7 Å². The lowest BCUT2D eigenvalue weighted by Gasteiger charge is -2.57. The predicted octanol–water partition coefficient (Wildman–Crippen LogP) is 4.86. The van der Waals surface area contributed by atoms with Gasteiger partial charge in [-0.3, -0.25) is 9.59 Å². The van der Waals surface area contributed by atoms with Crippen LogP contribution < -0.4 is 0 Å². The standard InChI is InChI=1S/C20H32O3/c1-13(10-18(22)23)6-8-19(4)14(2)7-9-20(5)15(3)11-16(21)12-17(19)20/h11,13-14,17H,6-10,12H2,1-5H3,(H,22,23)/t13-,14+,17+,19+,20-/m1/s1. The number of carboxylic acids is 1. The first kappa shape index (κ1) is 18.2. The summed E-state index contributed by atoms with van der Waals surface area (Å²) in [6.07, 6.45) is 7.05. The molecule has 2 rings (SSSR count). The Bertz CT molecular complexity index is 521. The van der Waals surface area contributed by atoms with E-state index in [1.165, 1.54) is 12.0 Å². The van der Waals surface area contributed by atoms with E-state index in [0.29, 0.717) is 18.3 Å². The van der Waals surface area contributed by atoms with Crippen LogP contribution in [0, 0.1) is 28.6 Å². The molecule has 1 N–H and O–H groups in total. The van der Waals surface area contributed by atoms with Crippen LogP contribution in [0.2, 0.25) is 0 Å². The van der Waals surface area contributed by atoms with Crippen molar-refractivity contribution in [1.29, 1.82) is 0 Å². The maximum Gasteiger partial charge on any atom is 0.303 e. The van der Waals surface area contributed by atoms with Gasteiger partial charge < -0.3 is 5.11 Å². The molecule has 2 aliphatic carbocycles. The van der Waals surface area contributed by atoms with Gasteiger partial charge >= 0.3 is 5.97 Å². The van der Waals surface area contributed by atoms with Crippen molar-refractivity contribution in [2.24, 2.45) is 28.6 Å². The Labute approximate surface area is 140 Å². The average Bonchev–Trinajstić information content (AvgIpc) is 2.44. The molecule has 0 amide bonds. The highest BCUT2D eigenvalue weighted by molar-refractivity contribution is 5.92. The molecule has 5 atom stereocenters. The van der Waals surface area contributed by atoms with Crippen LogP contribution in [-0.2, 0) is 9.59 Å². The van der Waals surface area contributed by atoms with Crippen molar-refractivity contribution in [2.75, 3.05) is 0 Å². The number of carbonyl (C=O) groups excluding carboxylic acids is 1. The number of hydrogen-bond acceptors (Lipinski definition) is 2. The van der Waals surface area contributed by atoms with Crippen LogP contribution in [0.5, 0.6) is 0 Å². The number of hydrogen-bond donors (Lipinski definition) is 1. The molecule has 0 spiro atoms. The summed E-state index contributed by atoms with van der Waals surface area (Å²) in [4.78, 5) is 23.1. The first-order chi connectivity index (χ1) is 10.6. The van der Waals surface area contributed by atoms with E-state index in [1.54, 1.807) is 0 Å². The Morgan fingerprint density at radius 2 is 2.09 bits per heavy atom. The number of rotatable bonds is 5. The summed E-state index contributed by atoms with van der Waals surface area (Å²) >= 11 is 0. The number of carbonyl (C=O) groups is 2. The fraction of sp³-hybridized carbons (Fsp3) is 0.800. The number of ketones is 1. The van der Waals surface area contributed by atoms with Crippen molar-refractivity contribution in [1.82, 2.24) is 0 Å². The summed E-state index contributed by atoms with van der Waals surface area (Å²) < 4.78 is 0. The van der Waals surface area contributed by atoms with Crippen LogP contribution in [0.15, 0.2) is 11.6 Å². The van der Waals surface area contributed by atoms with Crippen molar-refractivity contribution in [2.45, 2.75) is 73.1 Å². The van der Waals surface area contributed by atoms with Gasteiger partial charge in [-0.2, -0.15) is 0 Å². The summed E-state index contributed by atoms with van der Waals surface area (Å²) in [5, 5.41) is 8.98. The average molecular weight is 320 g/mol. The summed E-state index contributed by atoms with van der Waals surface area (Å²) in [6, 6.07) is 0. The lowest BCUT2D eigenvalue weighted by atomic mass is 9.46. The Morgan fingerprint density at radius 3 is 2.70 bits per heavy atom. The predicted molar refractivity (Wildman–Crippen MR) is 92.1 cm³/mol. The van der Waals surface area contributed by atoms with E-state index in [2.05, 4.69) is 27.7 Å². The third-order valence-corrected chi connectivity index (χ3v) is 7.17. The third-order valence-electron chi connectivity index (χ3n) is 7.17. The van der Waals surface area contributed by atoms with Gasteiger partial charge in [0, 0.05) is 12.8 Å². The van der Waals surface area contributed by atoms with Gasteiger partial charge in [-0.15, -0.1) is 0 Å². The van der Waals surface area contributed by atoms with E-state index in [4.69, 9.17) is 5.11 Å². The van der Waals surface area contributed by atoms with Crippen LogP contribution in [0.4, 0.5) is 0 Å². The summed E-state index contributed by atoms with van der Waals surface area (Å²) in [5.74, 6) is 0.713. The van der Waals surface area contributed by atoms with Crippen LogP contribution >= 0.6 is 0 Å². The molecule has 2 aliphatic rings. The Hall–Kier alpha value is -1.12. The molecular weight excluding hydrogens is 288 g/mol. The molecule has 0 radical (unpaired) electrons. The Morgan fingerprint density at radius 1 is 1.43 bits per heavy atom. The normalized spacial score (nSPS) is 38.7. The number of allylic oxidation sites excluding steroid dienone is 2. The van der Waals surface area contributed by atoms with Gasteiger partial charge in [-0.25, -0.2) is 0 Å². The summed E-state index contributed by atoms with van der Waals surface area (Å²) in [6.45, 7) is 11.1. The largest absolute Gasteiger partial charge is 0.481 e. The first-order valence-electron chi connectivity index (χ1n) is 9.03. The molecular formula is C20H32O3. The van der Waals surface area contributed by atoms with Crippen LogP contribution in [0.3, 0.4) is 0 Å². The SMILES string of the molecule is CC1=CC(=O)C[C@H]2[C@@](C)(CC[C@@H](C)CC(=O)O)[C@@H](C)CC[C@]12C. The lowest BCUT2D eigenvalue weighted by molar-refractivity contribution is -0.138. The molecule has 0 aromatic rings. The van der Waals surface area contributed by atoms with Gasteiger partial charge in [0.1, 0.15) is 0 Å². The lowest BCUT2D eigenvalue weighted by Crippen LogP contribution is -2.51. The minimum absolute atomic E-state index is 0.116. The number of aliphatic carboxylic acids is 1. The van der Waals surface area contributed by atoms with Crippen LogP contribution in [-0.4, -0.2) is 16.9 Å². The van der Waals surface area contributed by atoms with E-state index in [1.807, 2.05) is 13.0 Å². The molecule has 0 aromatic heterocycles. The fourth-order valence-corrected chi connectivity index (χ4v) is 5.07. The minimum atomic E-state index is -0.712. The summed E-state index contributed by atoms with van der Waals surface area (Å²) in [7, 11) is 0. The zero-order chi connectivity index (χ0) is 17.4. The first-order valence-corrected chi connectivity index (χ1v) is 9.03. The van der Waals surface area contributed by atoms with Gasteiger partial charge in [-0.05, 0) is 67.3 Å². The highest BCUT2D eigenvalue weighted by Gasteiger charge is 2.54. The van der Waals surface area contributed by atoms with Crippen molar-refractivity contribution in [3.05, 3.63) is 11.6 Å². The van der Waals surface area contributed by atoms with E-state index in [-0.39, 0.29) is 29.0 Å². The Balaban J connectivity index is 2.22. The van der Waals surface area contributed by atoms with Gasteiger partial charge in [0.25, 0.3) is 0 Å². The maximum absolute atomic E-state index is 12.2. The Kier molecular flexibility index (Phi) is 5.08. The molecule has 0 aliphatic heterocycles. The maximum atomic E-state index is 12.2. The van der Waals surface area contributed by atoms with Gasteiger partial charge in [0.2, 0.25) is 0 Å². The minimum Gasteiger partial charge on any atom is -0.481 e. The van der Waals surface area contributed by atoms with Gasteiger partial charge in [-0.1, -0.05) is 33.3 Å². The second-order valence-electron chi connectivity index (χ2n) is 8.66. The molecule has 0 bridgehead atoms. The molecule has 3 nitrogen and oxygen atoms in total. The second kappa shape index (κ2) is 6.41. The van der Waals surface area contributed by atoms with Crippen LogP contribution in [0.25, 0.3) is 0 Å². The smallest absolute Gasteiger partial charge is 0.303 e. The van der Waals surface area contributed by atoms with E-state index in [9.17, 15) is 9.59 Å². The topological polar surface area (TPSA) is 54.4 Å².